The molecular formula is C14H12ClN3O. The van der Waals surface area contributed by atoms with Crippen molar-refractivity contribution < 1.29 is 4.74 Å². The molecule has 4 nitrogen and oxygen atoms in total. The van der Waals surface area contributed by atoms with E-state index in [0.717, 1.165) is 5.69 Å². The minimum Gasteiger partial charge on any atom is -0.454 e. The van der Waals surface area contributed by atoms with Crippen molar-refractivity contribution in [2.75, 3.05) is 5.73 Å². The number of pyridine rings is 1. The molecule has 0 fully saturated rings. The SMILES string of the molecule is Cc1cc(Oc2ccc(N)cc2Cl)c(C#N)c(C)n1. The Morgan fingerprint density at radius 1 is 1.26 bits per heavy atom. The third-order valence-corrected chi connectivity index (χ3v) is 2.88. The lowest BCUT2D eigenvalue weighted by molar-refractivity contribution is 0.479. The molecule has 2 aromatic rings. The molecule has 5 heteroatoms. The van der Waals surface area contributed by atoms with Gasteiger partial charge >= 0.3 is 0 Å². The molecular weight excluding hydrogens is 262 g/mol. The first-order chi connectivity index (χ1) is 9.01. The van der Waals surface area contributed by atoms with E-state index < -0.39 is 0 Å². The standard InChI is InChI=1S/C14H12ClN3O/c1-8-5-14(11(7-16)9(2)18-8)19-13-4-3-10(17)6-12(13)15/h3-6H,17H2,1-2H3. The molecule has 1 heterocycles. The first-order valence-electron chi connectivity index (χ1n) is 5.62. The number of nitrogen functional groups attached to an aromatic ring is 1. The number of nitriles is 1. The Kier molecular flexibility index (Phi) is 3.59. The molecule has 1 aromatic carbocycles. The number of nitrogens with two attached hydrogens (primary N) is 1. The van der Waals surface area contributed by atoms with Crippen LogP contribution in [0.4, 0.5) is 5.69 Å². The number of benzene rings is 1. The summed E-state index contributed by atoms with van der Waals surface area (Å²) in [6.45, 7) is 3.61. The Morgan fingerprint density at radius 2 is 2.00 bits per heavy atom. The first-order valence-corrected chi connectivity index (χ1v) is 6.00. The minimum atomic E-state index is 0.399. The van der Waals surface area contributed by atoms with Gasteiger partial charge < -0.3 is 10.5 Å². The van der Waals surface area contributed by atoms with Gasteiger partial charge in [-0.25, -0.2) is 0 Å². The molecule has 0 aliphatic rings. The number of ether oxygens (including phenoxy) is 1. The maximum absolute atomic E-state index is 9.16. The monoisotopic (exact) mass is 273 g/mol. The summed E-state index contributed by atoms with van der Waals surface area (Å²) in [4.78, 5) is 4.23. The molecule has 0 bridgehead atoms. The van der Waals surface area contributed by atoms with Crippen LogP contribution in [0.3, 0.4) is 0 Å². The predicted molar refractivity (Wildman–Crippen MR) is 74.4 cm³/mol. The van der Waals surface area contributed by atoms with Gasteiger partial charge in [-0.15, -0.1) is 0 Å². The van der Waals surface area contributed by atoms with Crippen molar-refractivity contribution in [1.29, 1.82) is 5.26 Å². The molecule has 0 spiro atoms. The van der Waals surface area contributed by atoms with Crippen molar-refractivity contribution in [3.63, 3.8) is 0 Å². The van der Waals surface area contributed by atoms with Crippen LogP contribution in [0.15, 0.2) is 24.3 Å². The fourth-order valence-corrected chi connectivity index (χ4v) is 1.96. The van der Waals surface area contributed by atoms with Gasteiger partial charge in [-0.3, -0.25) is 4.98 Å². The number of aromatic nitrogens is 1. The largest absolute Gasteiger partial charge is 0.454 e. The highest BCUT2D eigenvalue weighted by Gasteiger charge is 2.12. The van der Waals surface area contributed by atoms with Crippen LogP contribution in [-0.4, -0.2) is 4.98 Å². The average Bonchev–Trinajstić information content (AvgIpc) is 2.32. The van der Waals surface area contributed by atoms with E-state index in [1.165, 1.54) is 0 Å². The van der Waals surface area contributed by atoms with Gasteiger partial charge in [-0.05, 0) is 32.0 Å². The Bertz CT molecular complexity index is 677. The van der Waals surface area contributed by atoms with Crippen LogP contribution in [0, 0.1) is 25.2 Å². The number of aryl methyl sites for hydroxylation is 2. The summed E-state index contributed by atoms with van der Waals surface area (Å²) in [5.74, 6) is 0.900. The van der Waals surface area contributed by atoms with E-state index in [4.69, 9.17) is 27.3 Å². The molecule has 19 heavy (non-hydrogen) atoms. The van der Waals surface area contributed by atoms with E-state index in [1.54, 1.807) is 31.2 Å². The number of halogens is 1. The zero-order chi connectivity index (χ0) is 14.0. The van der Waals surface area contributed by atoms with Crippen LogP contribution < -0.4 is 10.5 Å². The Morgan fingerprint density at radius 3 is 2.63 bits per heavy atom. The van der Waals surface area contributed by atoms with Crippen molar-refractivity contribution in [3.05, 3.63) is 46.2 Å². The van der Waals surface area contributed by atoms with Crippen molar-refractivity contribution in [2.45, 2.75) is 13.8 Å². The third-order valence-electron chi connectivity index (χ3n) is 2.58. The van der Waals surface area contributed by atoms with Gasteiger partial charge in [-0.2, -0.15) is 5.26 Å². The van der Waals surface area contributed by atoms with Crippen LogP contribution in [-0.2, 0) is 0 Å². The summed E-state index contributed by atoms with van der Waals surface area (Å²) >= 11 is 6.05. The number of hydrogen-bond acceptors (Lipinski definition) is 4. The maximum atomic E-state index is 9.16. The lowest BCUT2D eigenvalue weighted by Crippen LogP contribution is -1.97. The summed E-state index contributed by atoms with van der Waals surface area (Å²) in [6.07, 6.45) is 0. The second-order valence-electron chi connectivity index (χ2n) is 4.13. The van der Waals surface area contributed by atoms with Gasteiger partial charge in [0, 0.05) is 17.4 Å². The molecule has 0 unspecified atom stereocenters. The second kappa shape index (κ2) is 5.17. The molecule has 0 atom stereocenters. The maximum Gasteiger partial charge on any atom is 0.148 e. The minimum absolute atomic E-state index is 0.399. The van der Waals surface area contributed by atoms with Crippen LogP contribution in [0.2, 0.25) is 5.02 Å². The van der Waals surface area contributed by atoms with E-state index in [9.17, 15) is 0 Å². The molecule has 2 rings (SSSR count). The fraction of sp³-hybridized carbons (Fsp3) is 0.143. The highest BCUT2D eigenvalue weighted by atomic mass is 35.5. The highest BCUT2D eigenvalue weighted by Crippen LogP contribution is 2.33. The molecule has 0 amide bonds. The normalized spacial score (nSPS) is 10.0. The average molecular weight is 274 g/mol. The number of rotatable bonds is 2. The molecule has 2 N–H and O–H groups in total. The second-order valence-corrected chi connectivity index (χ2v) is 4.53. The lowest BCUT2D eigenvalue weighted by Gasteiger charge is -2.11. The van der Waals surface area contributed by atoms with E-state index in [2.05, 4.69) is 11.1 Å². The fourth-order valence-electron chi connectivity index (χ4n) is 1.73. The van der Waals surface area contributed by atoms with Gasteiger partial charge in [0.05, 0.1) is 10.7 Å². The summed E-state index contributed by atoms with van der Waals surface area (Å²) in [5, 5.41) is 9.56. The van der Waals surface area contributed by atoms with Crippen LogP contribution in [0.1, 0.15) is 17.0 Å². The summed E-state index contributed by atoms with van der Waals surface area (Å²) < 4.78 is 5.70. The lowest BCUT2D eigenvalue weighted by atomic mass is 10.2. The third kappa shape index (κ3) is 2.78. The van der Waals surface area contributed by atoms with E-state index in [0.29, 0.717) is 33.5 Å². The van der Waals surface area contributed by atoms with Gasteiger partial charge in [0.15, 0.2) is 0 Å². The summed E-state index contributed by atoms with van der Waals surface area (Å²) in [7, 11) is 0. The molecule has 0 saturated heterocycles. The predicted octanol–water partition coefficient (Wildman–Crippen LogP) is 3.60. The topological polar surface area (TPSA) is 71.9 Å². The molecule has 0 aliphatic carbocycles. The van der Waals surface area contributed by atoms with Crippen molar-refractivity contribution in [2.24, 2.45) is 0 Å². The van der Waals surface area contributed by atoms with E-state index in [1.807, 2.05) is 6.92 Å². The number of nitrogens with zero attached hydrogens (tertiary/aromatic N) is 2. The van der Waals surface area contributed by atoms with Gasteiger partial charge in [0.2, 0.25) is 0 Å². The Labute approximate surface area is 116 Å². The van der Waals surface area contributed by atoms with E-state index in [-0.39, 0.29) is 0 Å². The molecule has 0 radical (unpaired) electrons. The van der Waals surface area contributed by atoms with Crippen LogP contribution >= 0.6 is 11.6 Å². The quantitative estimate of drug-likeness (QED) is 0.849. The molecule has 0 aliphatic heterocycles. The van der Waals surface area contributed by atoms with Gasteiger partial charge in [0.1, 0.15) is 23.1 Å². The summed E-state index contributed by atoms with van der Waals surface area (Å²) in [6, 6.07) is 8.75. The zero-order valence-electron chi connectivity index (χ0n) is 10.6. The van der Waals surface area contributed by atoms with E-state index >= 15 is 0 Å². The Balaban J connectivity index is 2.46. The molecule has 96 valence electrons. The van der Waals surface area contributed by atoms with Crippen LogP contribution in [0.5, 0.6) is 11.5 Å². The van der Waals surface area contributed by atoms with Gasteiger partial charge in [0.25, 0.3) is 0 Å². The van der Waals surface area contributed by atoms with Crippen molar-refractivity contribution in [3.8, 4) is 17.6 Å². The van der Waals surface area contributed by atoms with Gasteiger partial charge in [-0.1, -0.05) is 11.6 Å². The van der Waals surface area contributed by atoms with Crippen LogP contribution in [0.25, 0.3) is 0 Å². The zero-order valence-corrected chi connectivity index (χ0v) is 11.3. The van der Waals surface area contributed by atoms with Crippen molar-refractivity contribution in [1.82, 2.24) is 4.98 Å². The Hall–Kier alpha value is -2.25. The number of anilines is 1. The molecule has 0 saturated carbocycles. The van der Waals surface area contributed by atoms with Crippen molar-refractivity contribution >= 4 is 17.3 Å². The first kappa shape index (κ1) is 13.2. The number of hydrogen-bond donors (Lipinski definition) is 1. The summed E-state index contributed by atoms with van der Waals surface area (Å²) in [5.41, 5.74) is 7.98. The highest BCUT2D eigenvalue weighted by molar-refractivity contribution is 6.32. The molecule has 1 aromatic heterocycles. The smallest absolute Gasteiger partial charge is 0.148 e.